The molecule has 0 bridgehead atoms. The highest BCUT2D eigenvalue weighted by molar-refractivity contribution is 6.23. The SMILES string of the molecule is Cn1cc(C(=O)CN2C(=O)c3ccccc3C2=O)cn1. The van der Waals surface area contributed by atoms with Gasteiger partial charge in [-0.1, -0.05) is 12.1 Å². The van der Waals surface area contributed by atoms with Crippen molar-refractivity contribution in [3.8, 4) is 0 Å². The largest absolute Gasteiger partial charge is 0.292 e. The molecule has 6 nitrogen and oxygen atoms in total. The maximum Gasteiger partial charge on any atom is 0.261 e. The van der Waals surface area contributed by atoms with Gasteiger partial charge in [-0.15, -0.1) is 0 Å². The second-order valence-electron chi connectivity index (χ2n) is 4.57. The molecular weight excluding hydrogens is 258 g/mol. The molecular formula is C14H11N3O3. The Kier molecular flexibility index (Phi) is 2.71. The van der Waals surface area contributed by atoms with Crippen molar-refractivity contribution in [2.75, 3.05) is 6.54 Å². The average molecular weight is 269 g/mol. The van der Waals surface area contributed by atoms with Crippen LogP contribution in [-0.4, -0.2) is 38.8 Å². The van der Waals surface area contributed by atoms with Crippen molar-refractivity contribution in [1.82, 2.24) is 14.7 Å². The van der Waals surface area contributed by atoms with Gasteiger partial charge in [-0.3, -0.25) is 24.0 Å². The zero-order valence-electron chi connectivity index (χ0n) is 10.7. The minimum Gasteiger partial charge on any atom is -0.292 e. The van der Waals surface area contributed by atoms with Gasteiger partial charge < -0.3 is 0 Å². The Balaban J connectivity index is 1.85. The van der Waals surface area contributed by atoms with E-state index in [-0.39, 0.29) is 12.3 Å². The molecule has 0 atom stereocenters. The third-order valence-electron chi connectivity index (χ3n) is 3.21. The summed E-state index contributed by atoms with van der Waals surface area (Å²) in [4.78, 5) is 37.3. The van der Waals surface area contributed by atoms with Crippen LogP contribution in [0.15, 0.2) is 36.7 Å². The van der Waals surface area contributed by atoms with Crippen LogP contribution in [0.25, 0.3) is 0 Å². The molecule has 0 radical (unpaired) electrons. The summed E-state index contributed by atoms with van der Waals surface area (Å²) in [5.41, 5.74) is 1.07. The summed E-state index contributed by atoms with van der Waals surface area (Å²) in [6.45, 7) is -0.266. The maximum atomic E-state index is 12.1. The van der Waals surface area contributed by atoms with Crippen molar-refractivity contribution in [2.24, 2.45) is 7.05 Å². The van der Waals surface area contributed by atoms with Gasteiger partial charge in [0, 0.05) is 13.2 Å². The van der Waals surface area contributed by atoms with E-state index in [2.05, 4.69) is 5.10 Å². The van der Waals surface area contributed by atoms with Crippen LogP contribution in [0.2, 0.25) is 0 Å². The topological polar surface area (TPSA) is 72.3 Å². The molecule has 2 amide bonds. The number of rotatable bonds is 3. The highest BCUT2D eigenvalue weighted by Gasteiger charge is 2.36. The van der Waals surface area contributed by atoms with E-state index in [9.17, 15) is 14.4 Å². The normalized spacial score (nSPS) is 13.8. The molecule has 6 heteroatoms. The lowest BCUT2D eigenvalue weighted by Crippen LogP contribution is -2.34. The van der Waals surface area contributed by atoms with Crippen LogP contribution in [0.3, 0.4) is 0 Å². The lowest BCUT2D eigenvalue weighted by atomic mass is 10.1. The number of imide groups is 1. The summed E-state index contributed by atoms with van der Waals surface area (Å²) >= 11 is 0. The quantitative estimate of drug-likeness (QED) is 0.613. The molecule has 3 rings (SSSR count). The predicted octanol–water partition coefficient (Wildman–Crippen LogP) is 0.899. The Morgan fingerprint density at radius 3 is 2.25 bits per heavy atom. The number of Topliss-reactive ketones (excluding diaryl/α,β-unsaturated/α-hetero) is 1. The number of benzene rings is 1. The van der Waals surface area contributed by atoms with Gasteiger partial charge in [0.05, 0.1) is 29.4 Å². The first-order chi connectivity index (χ1) is 9.58. The Morgan fingerprint density at radius 2 is 1.75 bits per heavy atom. The lowest BCUT2D eigenvalue weighted by molar-refractivity contribution is 0.0624. The molecule has 100 valence electrons. The van der Waals surface area contributed by atoms with Crippen LogP contribution in [-0.2, 0) is 7.05 Å². The summed E-state index contributed by atoms with van der Waals surface area (Å²) in [5, 5.41) is 3.90. The molecule has 1 aliphatic rings. The molecule has 0 aliphatic carbocycles. The van der Waals surface area contributed by atoms with E-state index in [1.807, 2.05) is 0 Å². The number of hydrogen-bond acceptors (Lipinski definition) is 4. The monoisotopic (exact) mass is 269 g/mol. The van der Waals surface area contributed by atoms with Crippen LogP contribution in [0.4, 0.5) is 0 Å². The van der Waals surface area contributed by atoms with Crippen molar-refractivity contribution in [2.45, 2.75) is 0 Å². The van der Waals surface area contributed by atoms with Gasteiger partial charge in [0.1, 0.15) is 0 Å². The highest BCUT2D eigenvalue weighted by Crippen LogP contribution is 2.22. The number of nitrogens with zero attached hydrogens (tertiary/aromatic N) is 3. The standard InChI is InChI=1S/C14H11N3O3/c1-16-7-9(6-15-16)12(18)8-17-13(19)10-4-2-3-5-11(10)14(17)20/h2-7H,8H2,1H3. The van der Waals surface area contributed by atoms with E-state index in [1.54, 1.807) is 37.5 Å². The number of carbonyl (C=O) groups is 3. The predicted molar refractivity (Wildman–Crippen MR) is 69.3 cm³/mol. The Morgan fingerprint density at radius 1 is 1.15 bits per heavy atom. The van der Waals surface area contributed by atoms with Gasteiger partial charge in [0.25, 0.3) is 11.8 Å². The molecule has 1 aromatic carbocycles. The molecule has 20 heavy (non-hydrogen) atoms. The molecule has 0 spiro atoms. The number of amides is 2. The van der Waals surface area contributed by atoms with Crippen LogP contribution in [0, 0.1) is 0 Å². The van der Waals surface area contributed by atoms with Gasteiger partial charge in [0.2, 0.25) is 0 Å². The summed E-state index contributed by atoms with van der Waals surface area (Å²) < 4.78 is 1.50. The molecule has 0 fully saturated rings. The molecule has 2 aromatic rings. The third-order valence-corrected chi connectivity index (χ3v) is 3.21. The van der Waals surface area contributed by atoms with Crippen LogP contribution < -0.4 is 0 Å². The summed E-state index contributed by atoms with van der Waals surface area (Å²) in [7, 11) is 1.69. The van der Waals surface area contributed by atoms with Crippen molar-refractivity contribution in [1.29, 1.82) is 0 Å². The Bertz CT molecular complexity index is 698. The van der Waals surface area contributed by atoms with E-state index in [0.717, 1.165) is 4.90 Å². The van der Waals surface area contributed by atoms with Gasteiger partial charge >= 0.3 is 0 Å². The van der Waals surface area contributed by atoms with Crippen molar-refractivity contribution < 1.29 is 14.4 Å². The van der Waals surface area contributed by atoms with Gasteiger partial charge in [-0.25, -0.2) is 0 Å². The molecule has 1 aromatic heterocycles. The number of fused-ring (bicyclic) bond motifs is 1. The van der Waals surface area contributed by atoms with Crippen molar-refractivity contribution in [3.05, 3.63) is 53.3 Å². The Hall–Kier alpha value is -2.76. The van der Waals surface area contributed by atoms with E-state index in [4.69, 9.17) is 0 Å². The average Bonchev–Trinajstić information content (AvgIpc) is 2.98. The lowest BCUT2D eigenvalue weighted by Gasteiger charge is -2.11. The van der Waals surface area contributed by atoms with E-state index in [0.29, 0.717) is 16.7 Å². The zero-order valence-corrected chi connectivity index (χ0v) is 10.7. The first-order valence-corrected chi connectivity index (χ1v) is 6.05. The number of hydrogen-bond donors (Lipinski definition) is 0. The third kappa shape index (κ3) is 1.82. The highest BCUT2D eigenvalue weighted by atomic mass is 16.2. The van der Waals surface area contributed by atoms with Crippen LogP contribution in [0.1, 0.15) is 31.1 Å². The molecule has 0 saturated carbocycles. The van der Waals surface area contributed by atoms with Gasteiger partial charge in [0.15, 0.2) is 5.78 Å². The Labute approximate surface area is 114 Å². The number of carbonyl (C=O) groups excluding carboxylic acids is 3. The van der Waals surface area contributed by atoms with E-state index >= 15 is 0 Å². The van der Waals surface area contributed by atoms with E-state index < -0.39 is 11.8 Å². The molecule has 0 unspecified atom stereocenters. The van der Waals surface area contributed by atoms with Crippen molar-refractivity contribution >= 4 is 17.6 Å². The number of ketones is 1. The minimum atomic E-state index is -0.428. The van der Waals surface area contributed by atoms with Gasteiger partial charge in [-0.2, -0.15) is 5.10 Å². The summed E-state index contributed by atoms with van der Waals surface area (Å²) in [5.74, 6) is -1.17. The van der Waals surface area contributed by atoms with Gasteiger partial charge in [-0.05, 0) is 12.1 Å². The second kappa shape index (κ2) is 4.41. The molecule has 2 heterocycles. The van der Waals surface area contributed by atoms with Crippen LogP contribution in [0.5, 0.6) is 0 Å². The first kappa shape index (κ1) is 12.3. The van der Waals surface area contributed by atoms with E-state index in [1.165, 1.54) is 10.9 Å². The number of aromatic nitrogens is 2. The number of aryl methyl sites for hydroxylation is 1. The molecule has 0 saturated heterocycles. The van der Waals surface area contributed by atoms with Crippen LogP contribution >= 0.6 is 0 Å². The first-order valence-electron chi connectivity index (χ1n) is 6.05. The summed E-state index contributed by atoms with van der Waals surface area (Å²) in [6.07, 6.45) is 2.97. The second-order valence-corrected chi connectivity index (χ2v) is 4.57. The molecule has 0 N–H and O–H groups in total. The molecule has 1 aliphatic heterocycles. The fourth-order valence-electron chi connectivity index (χ4n) is 2.18. The minimum absolute atomic E-state index is 0.266. The summed E-state index contributed by atoms with van der Waals surface area (Å²) in [6, 6.07) is 6.56. The smallest absolute Gasteiger partial charge is 0.261 e. The van der Waals surface area contributed by atoms with Crippen molar-refractivity contribution in [3.63, 3.8) is 0 Å². The maximum absolute atomic E-state index is 12.1. The fourth-order valence-corrected chi connectivity index (χ4v) is 2.18. The zero-order chi connectivity index (χ0) is 14.3. The fraction of sp³-hybridized carbons (Fsp3) is 0.143.